The van der Waals surface area contributed by atoms with Gasteiger partial charge in [0.05, 0.1) is 6.26 Å². The lowest BCUT2D eigenvalue weighted by atomic mass is 10.5. The second-order valence-corrected chi connectivity index (χ2v) is 1.01. The van der Waals surface area contributed by atoms with Crippen LogP contribution in [0.25, 0.3) is 0 Å². The molecule has 1 radical (unpaired) electrons. The molecule has 1 aliphatic rings. The fourth-order valence-electron chi connectivity index (χ4n) is 0.307. The highest BCUT2D eigenvalue weighted by Crippen LogP contribution is 1.86. The molecule has 0 amide bonds. The van der Waals surface area contributed by atoms with Crippen molar-refractivity contribution in [3.63, 3.8) is 0 Å². The summed E-state index contributed by atoms with van der Waals surface area (Å²) in [6, 6.07) is 0. The van der Waals surface area contributed by atoms with Gasteiger partial charge in [-0.25, -0.2) is 0 Å². The van der Waals surface area contributed by atoms with Crippen LogP contribution in [0.5, 0.6) is 0 Å². The van der Waals surface area contributed by atoms with Gasteiger partial charge in [0, 0.05) is 0 Å². The Morgan fingerprint density at radius 3 is 3.00 bits per heavy atom. The Morgan fingerprint density at radius 2 is 2.83 bits per heavy atom. The predicted octanol–water partition coefficient (Wildman–Crippen LogP) is 1.00. The summed E-state index contributed by atoms with van der Waals surface area (Å²) in [7, 11) is 0. The Bertz CT molecular complexity index is 74.1. The zero-order chi connectivity index (χ0) is 4.24. The van der Waals surface area contributed by atoms with Gasteiger partial charge in [-0.3, -0.25) is 0 Å². The van der Waals surface area contributed by atoms with Crippen molar-refractivity contribution in [2.45, 2.75) is 0 Å². The highest BCUT2D eigenvalue weighted by atomic mass is 16.5. The van der Waals surface area contributed by atoms with E-state index in [-0.39, 0.29) is 1.43 Å². The molecule has 1 heterocycles. The van der Waals surface area contributed by atoms with Gasteiger partial charge in [-0.15, -0.1) is 0 Å². The molecule has 0 bridgehead atoms. The lowest BCUT2D eigenvalue weighted by Gasteiger charge is -1.93. The first-order valence-electron chi connectivity index (χ1n) is 1.83. The van der Waals surface area contributed by atoms with Crippen LogP contribution >= 0.6 is 0 Å². The molecule has 0 aromatic heterocycles. The van der Waals surface area contributed by atoms with Gasteiger partial charge in [-0.1, -0.05) is 6.08 Å². The van der Waals surface area contributed by atoms with E-state index in [0.29, 0.717) is 6.61 Å². The third-order valence-electron chi connectivity index (χ3n) is 0.556. The van der Waals surface area contributed by atoms with E-state index in [0.717, 1.165) is 0 Å². The van der Waals surface area contributed by atoms with Crippen molar-refractivity contribution in [2.75, 3.05) is 6.61 Å². The highest BCUT2D eigenvalue weighted by molar-refractivity contribution is 4.98. The molecule has 1 nitrogen and oxygen atoms in total. The normalized spacial score (nSPS) is 17.3. The molecule has 0 atom stereocenters. The highest BCUT2D eigenvalue weighted by Gasteiger charge is 1.76. The Labute approximate surface area is 38.4 Å². The summed E-state index contributed by atoms with van der Waals surface area (Å²) < 4.78 is 4.75. The standard InChI is InChI=1S/C5H5O/c1-2-4-6-5-3-1/h1-2,4H,5H2/p+1. The van der Waals surface area contributed by atoms with Gasteiger partial charge in [-0.2, -0.15) is 0 Å². The SMILES string of the molecule is [C]1=CC=COC1.[H+]. The van der Waals surface area contributed by atoms with Gasteiger partial charge in [0.25, 0.3) is 0 Å². The molecule has 0 aromatic carbocycles. The first-order valence-corrected chi connectivity index (χ1v) is 1.83. The van der Waals surface area contributed by atoms with Crippen LogP contribution in [0, 0.1) is 6.08 Å². The first kappa shape index (κ1) is 3.47. The van der Waals surface area contributed by atoms with Gasteiger partial charge >= 0.3 is 1.43 Å². The predicted molar refractivity (Wildman–Crippen MR) is 24.0 cm³/mol. The molecule has 0 N–H and O–H groups in total. The Kier molecular flexibility index (Phi) is 0.955. The fraction of sp³-hybridized carbons (Fsp3) is 0.200. The van der Waals surface area contributed by atoms with Crippen molar-refractivity contribution < 1.29 is 6.16 Å². The minimum absolute atomic E-state index is 0. The van der Waals surface area contributed by atoms with E-state index in [1.807, 2.05) is 12.2 Å². The maximum atomic E-state index is 4.75. The molecule has 0 aliphatic carbocycles. The lowest BCUT2D eigenvalue weighted by molar-refractivity contribution is 0.280. The summed E-state index contributed by atoms with van der Waals surface area (Å²) in [5.74, 6) is 0. The second-order valence-electron chi connectivity index (χ2n) is 1.01. The smallest absolute Gasteiger partial charge is 0.497 e. The number of ether oxygens (including phenoxy) is 1. The van der Waals surface area contributed by atoms with Crippen molar-refractivity contribution in [3.8, 4) is 0 Å². The minimum Gasteiger partial charge on any atom is -0.497 e. The van der Waals surface area contributed by atoms with Crippen LogP contribution in [-0.2, 0) is 4.74 Å². The molecular formula is C5H6O+. The Hall–Kier alpha value is -0.720. The summed E-state index contributed by atoms with van der Waals surface area (Å²) in [6.07, 6.45) is 8.15. The van der Waals surface area contributed by atoms with E-state index in [1.54, 1.807) is 6.26 Å². The van der Waals surface area contributed by atoms with Crippen molar-refractivity contribution in [1.29, 1.82) is 0 Å². The molecule has 1 aliphatic heterocycles. The zero-order valence-corrected chi connectivity index (χ0v) is 3.35. The van der Waals surface area contributed by atoms with Crippen molar-refractivity contribution in [1.82, 2.24) is 0 Å². The second kappa shape index (κ2) is 1.65. The van der Waals surface area contributed by atoms with Gasteiger partial charge in [0.15, 0.2) is 0 Å². The molecule has 0 saturated carbocycles. The molecule has 0 spiro atoms. The van der Waals surface area contributed by atoms with E-state index in [2.05, 4.69) is 6.08 Å². The van der Waals surface area contributed by atoms with Gasteiger partial charge < -0.3 is 4.74 Å². The summed E-state index contributed by atoms with van der Waals surface area (Å²) in [5, 5.41) is 0. The molecule has 0 aromatic rings. The van der Waals surface area contributed by atoms with Gasteiger partial charge in [-0.05, 0) is 12.2 Å². The summed E-state index contributed by atoms with van der Waals surface area (Å²) >= 11 is 0. The fourth-order valence-corrected chi connectivity index (χ4v) is 0.307. The van der Waals surface area contributed by atoms with Crippen LogP contribution in [0.15, 0.2) is 18.4 Å². The lowest BCUT2D eigenvalue weighted by Crippen LogP contribution is -1.83. The van der Waals surface area contributed by atoms with Crippen molar-refractivity contribution in [3.05, 3.63) is 24.5 Å². The molecule has 1 rings (SSSR count). The molecule has 0 fully saturated rings. The largest absolute Gasteiger partial charge is 1.00 e. The van der Waals surface area contributed by atoms with Crippen LogP contribution in [0.1, 0.15) is 1.43 Å². The van der Waals surface area contributed by atoms with E-state index >= 15 is 0 Å². The first-order chi connectivity index (χ1) is 3.00. The molecule has 31 valence electrons. The number of hydrogen-bond acceptors (Lipinski definition) is 1. The van der Waals surface area contributed by atoms with E-state index in [4.69, 9.17) is 4.74 Å². The van der Waals surface area contributed by atoms with E-state index in [1.165, 1.54) is 0 Å². The quantitative estimate of drug-likeness (QED) is 0.423. The average Bonchev–Trinajstić information content (AvgIpc) is 1.72. The number of allylic oxidation sites excluding steroid dienone is 2. The monoisotopic (exact) mass is 82.0 g/mol. The van der Waals surface area contributed by atoms with E-state index < -0.39 is 0 Å². The zero-order valence-electron chi connectivity index (χ0n) is 4.35. The molecule has 1 heteroatoms. The van der Waals surface area contributed by atoms with Crippen LogP contribution in [0.2, 0.25) is 0 Å². The van der Waals surface area contributed by atoms with Gasteiger partial charge in [0.2, 0.25) is 0 Å². The maximum Gasteiger partial charge on any atom is 1.00 e. The summed E-state index contributed by atoms with van der Waals surface area (Å²) in [6.45, 7) is 0.608. The molecule has 0 saturated heterocycles. The maximum absolute atomic E-state index is 4.75. The van der Waals surface area contributed by atoms with Crippen LogP contribution in [0.3, 0.4) is 0 Å². The van der Waals surface area contributed by atoms with Crippen LogP contribution < -0.4 is 0 Å². The minimum atomic E-state index is 0. The van der Waals surface area contributed by atoms with Crippen molar-refractivity contribution >= 4 is 0 Å². The van der Waals surface area contributed by atoms with Crippen molar-refractivity contribution in [2.24, 2.45) is 0 Å². The number of hydrogen-bond donors (Lipinski definition) is 0. The van der Waals surface area contributed by atoms with Crippen LogP contribution in [-0.4, -0.2) is 6.61 Å². The summed E-state index contributed by atoms with van der Waals surface area (Å²) in [4.78, 5) is 0. The Balaban J connectivity index is 0.000000360. The molecule has 6 heavy (non-hydrogen) atoms. The Morgan fingerprint density at radius 1 is 1.83 bits per heavy atom. The van der Waals surface area contributed by atoms with E-state index in [9.17, 15) is 0 Å². The number of rotatable bonds is 0. The third kappa shape index (κ3) is 0.612. The van der Waals surface area contributed by atoms with Gasteiger partial charge in [0.1, 0.15) is 6.61 Å². The molecular weight excluding hydrogens is 76.1 g/mol. The molecule has 0 unspecified atom stereocenters. The third-order valence-corrected chi connectivity index (χ3v) is 0.556. The topological polar surface area (TPSA) is 9.23 Å². The summed E-state index contributed by atoms with van der Waals surface area (Å²) in [5.41, 5.74) is 0. The average molecular weight is 82.1 g/mol. The van der Waals surface area contributed by atoms with Crippen LogP contribution in [0.4, 0.5) is 0 Å².